The van der Waals surface area contributed by atoms with Crippen molar-refractivity contribution in [1.29, 1.82) is 0 Å². The molecule has 0 aromatic heterocycles. The Morgan fingerprint density at radius 1 is 1.18 bits per heavy atom. The molecule has 0 heterocycles. The maximum Gasteiger partial charge on any atom is 0.0373 e. The van der Waals surface area contributed by atoms with Crippen molar-refractivity contribution >= 4 is 12.7 Å². The van der Waals surface area contributed by atoms with Gasteiger partial charge in [-0.05, 0) is 28.7 Å². The summed E-state index contributed by atoms with van der Waals surface area (Å²) in [6.07, 6.45) is 11.1. The molecule has 1 N–H and O–H groups in total. The van der Waals surface area contributed by atoms with Gasteiger partial charge < -0.3 is 5.32 Å². The fraction of sp³-hybridized carbons (Fsp3) is 0. The average molecular weight is 223 g/mol. The molecule has 0 fully saturated rings. The lowest BCUT2D eigenvalue weighted by Gasteiger charge is -1.97. The van der Waals surface area contributed by atoms with Crippen molar-refractivity contribution < 1.29 is 0 Å². The highest BCUT2D eigenvalue weighted by Gasteiger charge is 1.82. The zero-order chi connectivity index (χ0) is 12.5. The summed E-state index contributed by atoms with van der Waals surface area (Å²) in [5, 5.41) is 5.23. The second-order valence-electron chi connectivity index (χ2n) is 3.43. The number of benzene rings is 1. The van der Waals surface area contributed by atoms with E-state index in [2.05, 4.69) is 25.1 Å². The van der Waals surface area contributed by atoms with Gasteiger partial charge in [0.15, 0.2) is 0 Å². The maximum atomic E-state index is 3.95. The zero-order valence-corrected chi connectivity index (χ0v) is 9.89. The molecule has 0 aliphatic heterocycles. The van der Waals surface area contributed by atoms with Crippen LogP contribution in [0.4, 0.5) is 0 Å². The molecule has 0 unspecified atom stereocenters. The minimum Gasteiger partial charge on any atom is -0.362 e. The van der Waals surface area contributed by atoms with E-state index in [0.29, 0.717) is 0 Å². The minimum absolute atomic E-state index is 0.910. The number of rotatable bonds is 5. The highest BCUT2D eigenvalue weighted by atomic mass is 14.8. The molecular weight excluding hydrogens is 206 g/mol. The molecule has 0 bridgehead atoms. The Morgan fingerprint density at radius 2 is 1.94 bits per heavy atom. The van der Waals surface area contributed by atoms with Crippen LogP contribution >= 0.6 is 0 Å². The molecule has 86 valence electrons. The summed E-state index contributed by atoms with van der Waals surface area (Å²) in [6.45, 7) is 11.3. The predicted octanol–water partition coefficient (Wildman–Crippen LogP) is 2.24. The summed E-state index contributed by atoms with van der Waals surface area (Å²) in [6, 6.07) is 7.99. The van der Waals surface area contributed by atoms with Crippen LogP contribution in [0.15, 0.2) is 73.6 Å². The molecule has 0 radical (unpaired) electrons. The first-order valence-corrected chi connectivity index (χ1v) is 5.40. The summed E-state index contributed by atoms with van der Waals surface area (Å²) in [5.41, 5.74) is 0.910. The van der Waals surface area contributed by atoms with Crippen LogP contribution in [0.1, 0.15) is 0 Å². The highest BCUT2D eigenvalue weighted by molar-refractivity contribution is 5.38. The zero-order valence-electron chi connectivity index (χ0n) is 9.89. The molecule has 17 heavy (non-hydrogen) atoms. The van der Waals surface area contributed by atoms with Gasteiger partial charge in [-0.25, -0.2) is 0 Å². The largest absolute Gasteiger partial charge is 0.362 e. The molecule has 0 saturated heterocycles. The number of hydrogen-bond donors (Lipinski definition) is 1. The third kappa shape index (κ3) is 4.39. The van der Waals surface area contributed by atoms with Gasteiger partial charge in [-0.15, -0.1) is 0 Å². The quantitative estimate of drug-likeness (QED) is 0.755. The Kier molecular flexibility index (Phi) is 5.32. The number of allylic oxidation sites excluding steroid dienone is 4. The van der Waals surface area contributed by atoms with Crippen LogP contribution < -0.4 is 15.8 Å². The van der Waals surface area contributed by atoms with Crippen molar-refractivity contribution in [3.63, 3.8) is 0 Å². The van der Waals surface area contributed by atoms with E-state index in [4.69, 9.17) is 0 Å². The summed E-state index contributed by atoms with van der Waals surface area (Å²) in [5.74, 6) is 0. The van der Waals surface area contributed by atoms with Gasteiger partial charge in [0.05, 0.1) is 0 Å². The highest BCUT2D eigenvalue weighted by Crippen LogP contribution is 1.90. The Morgan fingerprint density at radius 3 is 2.59 bits per heavy atom. The minimum atomic E-state index is 0.910. The first-order valence-electron chi connectivity index (χ1n) is 5.40. The SMILES string of the molecule is C=C/C=C(\C=C)N/C=C/C=c1/ccccc1=C. The second kappa shape index (κ2) is 7.07. The van der Waals surface area contributed by atoms with Crippen molar-refractivity contribution in [2.75, 3.05) is 0 Å². The second-order valence-corrected chi connectivity index (χ2v) is 3.43. The van der Waals surface area contributed by atoms with Crippen LogP contribution in [-0.4, -0.2) is 0 Å². The predicted molar refractivity (Wildman–Crippen MR) is 76.4 cm³/mol. The Hall–Kier alpha value is -2.28. The average Bonchev–Trinajstić information content (AvgIpc) is 2.35. The van der Waals surface area contributed by atoms with Gasteiger partial charge in [0, 0.05) is 11.9 Å². The molecule has 0 spiro atoms. The van der Waals surface area contributed by atoms with Crippen LogP contribution in [0.5, 0.6) is 0 Å². The van der Waals surface area contributed by atoms with E-state index < -0.39 is 0 Å². The summed E-state index contributed by atoms with van der Waals surface area (Å²) in [4.78, 5) is 0. The van der Waals surface area contributed by atoms with Crippen molar-refractivity contribution in [3.05, 3.63) is 84.1 Å². The third-order valence-electron chi connectivity index (χ3n) is 2.19. The van der Waals surface area contributed by atoms with Gasteiger partial charge >= 0.3 is 0 Å². The van der Waals surface area contributed by atoms with Crippen molar-refractivity contribution in [2.24, 2.45) is 0 Å². The Bertz CT molecular complexity index is 547. The summed E-state index contributed by atoms with van der Waals surface area (Å²) < 4.78 is 0. The van der Waals surface area contributed by atoms with Crippen LogP contribution in [0, 0.1) is 0 Å². The number of nitrogens with one attached hydrogen (secondary N) is 1. The summed E-state index contributed by atoms with van der Waals surface area (Å²) in [7, 11) is 0. The molecule has 0 saturated carbocycles. The smallest absolute Gasteiger partial charge is 0.0373 e. The molecule has 1 rings (SSSR count). The molecule has 0 aliphatic carbocycles. The molecule has 1 aromatic rings. The topological polar surface area (TPSA) is 12.0 Å². The third-order valence-corrected chi connectivity index (χ3v) is 2.19. The molecule has 0 aliphatic rings. The standard InChI is InChI=1S/C16H17N/c1-4-9-16(5-2)17-13-8-12-15-11-7-6-10-14(15)3/h4-13,17H,1-3H2/b13-8+,15-12-,16-9+. The van der Waals surface area contributed by atoms with E-state index in [-0.39, 0.29) is 0 Å². The fourth-order valence-electron chi connectivity index (χ4n) is 1.29. The van der Waals surface area contributed by atoms with E-state index in [1.165, 1.54) is 0 Å². The molecule has 1 heteroatoms. The van der Waals surface area contributed by atoms with Crippen LogP contribution in [0.3, 0.4) is 0 Å². The van der Waals surface area contributed by atoms with Crippen molar-refractivity contribution in [3.8, 4) is 0 Å². The first kappa shape index (κ1) is 12.8. The van der Waals surface area contributed by atoms with Gasteiger partial charge in [-0.2, -0.15) is 0 Å². The molecule has 1 nitrogen and oxygen atoms in total. The van der Waals surface area contributed by atoms with Crippen molar-refractivity contribution in [2.45, 2.75) is 0 Å². The molecular formula is C16H17N. The molecule has 0 amide bonds. The van der Waals surface area contributed by atoms with E-state index in [1.807, 2.05) is 48.7 Å². The van der Waals surface area contributed by atoms with Gasteiger partial charge in [0.25, 0.3) is 0 Å². The van der Waals surface area contributed by atoms with Gasteiger partial charge in [-0.1, -0.05) is 56.2 Å². The lowest BCUT2D eigenvalue weighted by Crippen LogP contribution is -2.21. The van der Waals surface area contributed by atoms with Crippen LogP contribution in [0.25, 0.3) is 12.7 Å². The molecule has 0 atom stereocenters. The first-order chi connectivity index (χ1) is 8.27. The fourth-order valence-corrected chi connectivity index (χ4v) is 1.29. The van der Waals surface area contributed by atoms with Gasteiger partial charge in [0.2, 0.25) is 0 Å². The van der Waals surface area contributed by atoms with E-state index in [1.54, 1.807) is 12.2 Å². The maximum absolute atomic E-state index is 3.95. The number of hydrogen-bond acceptors (Lipinski definition) is 1. The lowest BCUT2D eigenvalue weighted by atomic mass is 10.2. The molecule has 1 aromatic carbocycles. The van der Waals surface area contributed by atoms with Crippen LogP contribution in [-0.2, 0) is 0 Å². The monoisotopic (exact) mass is 223 g/mol. The van der Waals surface area contributed by atoms with Crippen molar-refractivity contribution in [1.82, 2.24) is 5.32 Å². The lowest BCUT2D eigenvalue weighted by molar-refractivity contribution is 1.12. The van der Waals surface area contributed by atoms with E-state index in [0.717, 1.165) is 16.1 Å². The van der Waals surface area contributed by atoms with E-state index >= 15 is 0 Å². The summed E-state index contributed by atoms with van der Waals surface area (Å²) >= 11 is 0. The van der Waals surface area contributed by atoms with E-state index in [9.17, 15) is 0 Å². The van der Waals surface area contributed by atoms with Gasteiger partial charge in [0.1, 0.15) is 0 Å². The van der Waals surface area contributed by atoms with Crippen LogP contribution in [0.2, 0.25) is 0 Å². The van der Waals surface area contributed by atoms with Gasteiger partial charge in [-0.3, -0.25) is 0 Å². The Balaban J connectivity index is 2.75. The normalized spacial score (nSPS) is 12.7. The Labute approximate surface area is 102 Å².